The van der Waals surface area contributed by atoms with E-state index in [1.54, 1.807) is 18.3 Å². The summed E-state index contributed by atoms with van der Waals surface area (Å²) in [6, 6.07) is 11.0. The number of benzene rings is 1. The van der Waals surface area contributed by atoms with E-state index >= 15 is 0 Å². The third kappa shape index (κ3) is 2.20. The van der Waals surface area contributed by atoms with Crippen LogP contribution >= 0.6 is 0 Å². The minimum absolute atomic E-state index is 0.144. The van der Waals surface area contributed by atoms with Gasteiger partial charge in [0.05, 0.1) is 24.2 Å². The van der Waals surface area contributed by atoms with Crippen molar-refractivity contribution in [3.8, 4) is 22.6 Å². The van der Waals surface area contributed by atoms with Crippen molar-refractivity contribution in [3.63, 3.8) is 0 Å². The van der Waals surface area contributed by atoms with Gasteiger partial charge in [-0.3, -0.25) is 9.78 Å². The quantitative estimate of drug-likeness (QED) is 0.749. The van der Waals surface area contributed by atoms with E-state index in [4.69, 9.17) is 9.47 Å². The highest BCUT2D eigenvalue weighted by atomic mass is 16.5. The van der Waals surface area contributed by atoms with Crippen molar-refractivity contribution >= 4 is 11.0 Å². The van der Waals surface area contributed by atoms with E-state index in [0.717, 1.165) is 28.8 Å². The normalized spacial score (nSPS) is 13.8. The van der Waals surface area contributed by atoms with Gasteiger partial charge < -0.3 is 14.5 Å². The largest absolute Gasteiger partial charge is 0.490 e. The Hall–Kier alpha value is -2.82. The lowest BCUT2D eigenvalue weighted by atomic mass is 10.1. The van der Waals surface area contributed by atoms with Crippen molar-refractivity contribution in [2.45, 2.75) is 6.42 Å². The number of pyridine rings is 2. The maximum atomic E-state index is 12.3. The highest BCUT2D eigenvalue weighted by molar-refractivity contribution is 5.80. The molecule has 0 aliphatic carbocycles. The van der Waals surface area contributed by atoms with Crippen molar-refractivity contribution < 1.29 is 9.47 Å². The summed E-state index contributed by atoms with van der Waals surface area (Å²) in [5.74, 6) is 1.40. The molecule has 1 aliphatic rings. The van der Waals surface area contributed by atoms with Crippen molar-refractivity contribution in [3.05, 3.63) is 52.9 Å². The number of ether oxygens (including phenoxy) is 2. The van der Waals surface area contributed by atoms with Crippen LogP contribution in [0.4, 0.5) is 0 Å². The van der Waals surface area contributed by atoms with Gasteiger partial charge in [0, 0.05) is 18.2 Å². The number of nitrogens with zero attached hydrogens (tertiary/aromatic N) is 1. The first-order valence-electron chi connectivity index (χ1n) is 7.19. The van der Waals surface area contributed by atoms with Crippen molar-refractivity contribution in [1.29, 1.82) is 0 Å². The van der Waals surface area contributed by atoms with Gasteiger partial charge in [-0.15, -0.1) is 0 Å². The molecule has 0 fully saturated rings. The molecule has 0 radical (unpaired) electrons. The van der Waals surface area contributed by atoms with Crippen LogP contribution in [0.25, 0.3) is 22.2 Å². The van der Waals surface area contributed by atoms with E-state index < -0.39 is 0 Å². The number of nitrogens with one attached hydrogen (secondary N) is 1. The highest BCUT2D eigenvalue weighted by Crippen LogP contribution is 2.33. The smallest absolute Gasteiger partial charge is 0.256 e. The van der Waals surface area contributed by atoms with Gasteiger partial charge in [0.1, 0.15) is 0 Å². The monoisotopic (exact) mass is 294 g/mol. The van der Waals surface area contributed by atoms with Crippen molar-refractivity contribution in [2.75, 3.05) is 13.2 Å². The fraction of sp³-hybridized carbons (Fsp3) is 0.176. The number of aromatic nitrogens is 2. The lowest BCUT2D eigenvalue weighted by Crippen LogP contribution is -2.09. The summed E-state index contributed by atoms with van der Waals surface area (Å²) in [6.45, 7) is 1.26. The number of aromatic amines is 1. The summed E-state index contributed by atoms with van der Waals surface area (Å²) in [4.78, 5) is 19.5. The third-order valence-corrected chi connectivity index (χ3v) is 3.67. The SMILES string of the molecule is O=c1[nH]c2cccnc2cc1-c1ccc2c(c1)OCCCO2. The lowest BCUT2D eigenvalue weighted by molar-refractivity contribution is 0.297. The van der Waals surface area contributed by atoms with Crippen molar-refractivity contribution in [1.82, 2.24) is 9.97 Å². The topological polar surface area (TPSA) is 64.2 Å². The molecule has 3 aromatic rings. The molecule has 110 valence electrons. The molecular weight excluding hydrogens is 280 g/mol. The van der Waals surface area contributed by atoms with Crippen LogP contribution in [0.1, 0.15) is 6.42 Å². The van der Waals surface area contributed by atoms with Crippen molar-refractivity contribution in [2.24, 2.45) is 0 Å². The Morgan fingerprint density at radius 1 is 1.05 bits per heavy atom. The second kappa shape index (κ2) is 5.18. The summed E-state index contributed by atoms with van der Waals surface area (Å²) in [5.41, 5.74) is 2.70. The molecule has 0 saturated heterocycles. The number of rotatable bonds is 1. The molecule has 0 saturated carbocycles. The van der Waals surface area contributed by atoms with Crippen LogP contribution in [-0.2, 0) is 0 Å². The van der Waals surface area contributed by atoms with E-state index in [0.29, 0.717) is 24.5 Å². The predicted octanol–water partition coefficient (Wildman–Crippen LogP) is 2.75. The first kappa shape index (κ1) is 12.9. The van der Waals surface area contributed by atoms with Crippen LogP contribution in [0, 0.1) is 0 Å². The number of fused-ring (bicyclic) bond motifs is 2. The van der Waals surface area contributed by atoms with Gasteiger partial charge in [-0.2, -0.15) is 0 Å². The van der Waals surface area contributed by atoms with Gasteiger partial charge in [-0.25, -0.2) is 0 Å². The van der Waals surface area contributed by atoms with Gasteiger partial charge in [-0.05, 0) is 35.9 Å². The standard InChI is InChI=1S/C17H14N2O3/c20-17-12(10-14-13(19-17)3-1-6-18-14)11-4-5-15-16(9-11)22-8-2-7-21-15/h1,3-6,9-10H,2,7-8H2,(H,19,20). The Balaban J connectivity index is 1.86. The van der Waals surface area contributed by atoms with Crippen LogP contribution in [0.2, 0.25) is 0 Å². The number of H-pyrrole nitrogens is 1. The molecule has 1 N–H and O–H groups in total. The van der Waals surface area contributed by atoms with Crippen LogP contribution < -0.4 is 15.0 Å². The minimum Gasteiger partial charge on any atom is -0.490 e. The molecule has 2 aromatic heterocycles. The molecule has 1 aliphatic heterocycles. The molecule has 0 amide bonds. The second-order valence-electron chi connectivity index (χ2n) is 5.16. The van der Waals surface area contributed by atoms with E-state index in [9.17, 15) is 4.79 Å². The molecule has 4 rings (SSSR count). The highest BCUT2D eigenvalue weighted by Gasteiger charge is 2.13. The summed E-state index contributed by atoms with van der Waals surface area (Å²) in [6.07, 6.45) is 2.56. The molecule has 1 aromatic carbocycles. The summed E-state index contributed by atoms with van der Waals surface area (Å²) in [5, 5.41) is 0. The van der Waals surface area contributed by atoms with Gasteiger partial charge in [-0.1, -0.05) is 6.07 Å². The van der Waals surface area contributed by atoms with Crippen LogP contribution in [-0.4, -0.2) is 23.2 Å². The minimum atomic E-state index is -0.144. The third-order valence-electron chi connectivity index (χ3n) is 3.67. The zero-order valence-electron chi connectivity index (χ0n) is 11.8. The summed E-state index contributed by atoms with van der Waals surface area (Å²) >= 11 is 0. The molecule has 0 spiro atoms. The Labute approximate surface area is 126 Å². The Morgan fingerprint density at radius 3 is 2.82 bits per heavy atom. The average molecular weight is 294 g/mol. The zero-order chi connectivity index (χ0) is 14.9. The Bertz CT molecular complexity index is 902. The molecule has 5 nitrogen and oxygen atoms in total. The molecular formula is C17H14N2O3. The van der Waals surface area contributed by atoms with Crippen LogP contribution in [0.3, 0.4) is 0 Å². The average Bonchev–Trinajstić information content (AvgIpc) is 2.78. The van der Waals surface area contributed by atoms with Gasteiger partial charge in [0.2, 0.25) is 0 Å². The molecule has 22 heavy (non-hydrogen) atoms. The molecule has 3 heterocycles. The van der Waals surface area contributed by atoms with Crippen LogP contribution in [0.5, 0.6) is 11.5 Å². The van der Waals surface area contributed by atoms with Gasteiger partial charge >= 0.3 is 0 Å². The lowest BCUT2D eigenvalue weighted by Gasteiger charge is -2.09. The first-order valence-corrected chi connectivity index (χ1v) is 7.19. The summed E-state index contributed by atoms with van der Waals surface area (Å²) in [7, 11) is 0. The van der Waals surface area contributed by atoms with Gasteiger partial charge in [0.15, 0.2) is 11.5 Å². The molecule has 0 bridgehead atoms. The molecule has 0 unspecified atom stereocenters. The molecule has 0 atom stereocenters. The Kier molecular flexibility index (Phi) is 3.04. The summed E-state index contributed by atoms with van der Waals surface area (Å²) < 4.78 is 11.3. The van der Waals surface area contributed by atoms with E-state index in [1.165, 1.54) is 0 Å². The van der Waals surface area contributed by atoms with E-state index in [-0.39, 0.29) is 5.56 Å². The fourth-order valence-corrected chi connectivity index (χ4v) is 2.58. The van der Waals surface area contributed by atoms with Crippen LogP contribution in [0.15, 0.2) is 47.4 Å². The first-order chi connectivity index (χ1) is 10.8. The Morgan fingerprint density at radius 2 is 1.91 bits per heavy atom. The van der Waals surface area contributed by atoms with E-state index in [2.05, 4.69) is 9.97 Å². The number of hydrogen-bond donors (Lipinski definition) is 1. The fourth-order valence-electron chi connectivity index (χ4n) is 2.58. The maximum absolute atomic E-state index is 12.3. The molecule has 5 heteroatoms. The zero-order valence-corrected chi connectivity index (χ0v) is 11.8. The maximum Gasteiger partial charge on any atom is 0.256 e. The predicted molar refractivity (Wildman–Crippen MR) is 83.4 cm³/mol. The second-order valence-corrected chi connectivity index (χ2v) is 5.16. The van der Waals surface area contributed by atoms with E-state index in [1.807, 2.05) is 24.3 Å². The van der Waals surface area contributed by atoms with Gasteiger partial charge in [0.25, 0.3) is 5.56 Å². The number of hydrogen-bond acceptors (Lipinski definition) is 4.